The molecule has 1 atom stereocenters. The van der Waals surface area contributed by atoms with Gasteiger partial charge in [-0.05, 0) is 24.1 Å². The summed E-state index contributed by atoms with van der Waals surface area (Å²) in [6.45, 7) is 9.61. The summed E-state index contributed by atoms with van der Waals surface area (Å²) < 4.78 is 11.0. The van der Waals surface area contributed by atoms with Crippen LogP contribution in [0.15, 0.2) is 30.8 Å². The van der Waals surface area contributed by atoms with Gasteiger partial charge in [0.05, 0.1) is 25.7 Å². The van der Waals surface area contributed by atoms with Crippen LogP contribution in [0.3, 0.4) is 0 Å². The third-order valence-electron chi connectivity index (χ3n) is 2.81. The topological polar surface area (TPSA) is 38.7 Å². The smallest absolute Gasteiger partial charge is 0.307 e. The van der Waals surface area contributed by atoms with Crippen LogP contribution in [0.1, 0.15) is 12.0 Å². The molecule has 1 N–H and O–H groups in total. The zero-order chi connectivity index (χ0) is 14.8. The van der Waals surface area contributed by atoms with E-state index in [-0.39, 0.29) is 15.4 Å². The molecule has 0 spiro atoms. The van der Waals surface area contributed by atoms with Crippen molar-refractivity contribution in [1.29, 1.82) is 0 Å². The molecule has 1 aromatic carbocycles. The lowest BCUT2D eigenvalue weighted by molar-refractivity contribution is 0.0123. The Balaban J connectivity index is 2.16. The highest BCUT2D eigenvalue weighted by Gasteiger charge is 2.10. The molecule has 0 saturated carbocycles. The van der Waals surface area contributed by atoms with Gasteiger partial charge in [-0.1, -0.05) is 24.8 Å². The summed E-state index contributed by atoms with van der Waals surface area (Å²) in [5.74, 6) is 0.741. The molecule has 0 radical (unpaired) electrons. The molecular weight excluding hydrogens is 268 g/mol. The first kappa shape index (κ1) is 16.9. The van der Waals surface area contributed by atoms with E-state index < -0.39 is 6.10 Å². The van der Waals surface area contributed by atoms with Gasteiger partial charge in [0.2, 0.25) is 0 Å². The zero-order valence-electron chi connectivity index (χ0n) is 12.5. The predicted octanol–water partition coefficient (Wildman–Crippen LogP) is 3.23. The minimum atomic E-state index is -0.588. The lowest BCUT2D eigenvalue weighted by Crippen LogP contribution is -2.23. The molecule has 0 aliphatic heterocycles. The van der Waals surface area contributed by atoms with Crippen molar-refractivity contribution in [3.05, 3.63) is 36.4 Å². The summed E-state index contributed by atoms with van der Waals surface area (Å²) in [6.07, 6.45) is 2.26. The van der Waals surface area contributed by atoms with Gasteiger partial charge in [0.1, 0.15) is 18.5 Å². The maximum Gasteiger partial charge on any atom is 0.307 e. The van der Waals surface area contributed by atoms with Crippen LogP contribution in [0.5, 0.6) is 5.75 Å². The number of rotatable bonds is 10. The SMILES string of the molecule is C=Cc1cccc(OCC(O)COCCC[Si+](C)C)c1. The zero-order valence-corrected chi connectivity index (χ0v) is 13.5. The average Bonchev–Trinajstić information content (AvgIpc) is 2.44. The van der Waals surface area contributed by atoms with Crippen LogP contribution in [0.4, 0.5) is 0 Å². The highest BCUT2D eigenvalue weighted by atomic mass is 28.3. The fourth-order valence-electron chi connectivity index (χ4n) is 1.72. The molecule has 1 unspecified atom stereocenters. The van der Waals surface area contributed by atoms with Gasteiger partial charge in [-0.2, -0.15) is 0 Å². The van der Waals surface area contributed by atoms with Crippen molar-refractivity contribution in [1.82, 2.24) is 0 Å². The van der Waals surface area contributed by atoms with Gasteiger partial charge >= 0.3 is 8.80 Å². The molecule has 0 saturated heterocycles. The molecule has 0 heterocycles. The van der Waals surface area contributed by atoms with Gasteiger partial charge in [-0.15, -0.1) is 0 Å². The summed E-state index contributed by atoms with van der Waals surface area (Å²) in [4.78, 5) is 0. The van der Waals surface area contributed by atoms with Crippen LogP contribution in [0.2, 0.25) is 19.1 Å². The number of hydrogen-bond acceptors (Lipinski definition) is 3. The standard InChI is InChI=1S/C16H25O3Si/c1-4-14-7-5-8-16(11-14)19-13-15(17)12-18-9-6-10-20(2)3/h4-5,7-8,11,15,17H,1,6,9-10,12-13H2,2-3H3/q+1. The molecule has 0 fully saturated rings. The number of aliphatic hydroxyl groups is 1. The largest absolute Gasteiger partial charge is 0.491 e. The summed E-state index contributed by atoms with van der Waals surface area (Å²) in [7, 11) is -0.163. The Bertz CT molecular complexity index is 393. The van der Waals surface area contributed by atoms with Crippen molar-refractivity contribution in [3.8, 4) is 5.75 Å². The van der Waals surface area contributed by atoms with Crippen molar-refractivity contribution < 1.29 is 14.6 Å². The average molecular weight is 293 g/mol. The molecular formula is C16H25O3Si+. The second-order valence-corrected chi connectivity index (χ2v) is 8.04. The fourth-order valence-corrected chi connectivity index (χ4v) is 2.57. The third-order valence-corrected chi connectivity index (χ3v) is 4.17. The minimum Gasteiger partial charge on any atom is -0.491 e. The van der Waals surface area contributed by atoms with Crippen LogP contribution in [-0.2, 0) is 4.74 Å². The lowest BCUT2D eigenvalue weighted by Gasteiger charge is -2.13. The van der Waals surface area contributed by atoms with E-state index in [1.54, 1.807) is 6.08 Å². The van der Waals surface area contributed by atoms with Crippen molar-refractivity contribution >= 4 is 14.9 Å². The fraction of sp³-hybridized carbons (Fsp3) is 0.500. The molecule has 4 heteroatoms. The van der Waals surface area contributed by atoms with Gasteiger partial charge in [-0.3, -0.25) is 0 Å². The molecule has 1 aromatic rings. The lowest BCUT2D eigenvalue weighted by atomic mass is 10.2. The van der Waals surface area contributed by atoms with Crippen molar-refractivity contribution in [2.24, 2.45) is 0 Å². The molecule has 1 rings (SSSR count). The Morgan fingerprint density at radius 2 is 2.15 bits per heavy atom. The molecule has 0 aliphatic rings. The van der Waals surface area contributed by atoms with E-state index in [1.807, 2.05) is 24.3 Å². The first-order valence-electron chi connectivity index (χ1n) is 7.02. The second-order valence-electron chi connectivity index (χ2n) is 5.13. The summed E-state index contributed by atoms with van der Waals surface area (Å²) in [6, 6.07) is 8.88. The van der Waals surface area contributed by atoms with Gasteiger partial charge in [0.15, 0.2) is 0 Å². The molecule has 20 heavy (non-hydrogen) atoms. The van der Waals surface area contributed by atoms with E-state index in [1.165, 1.54) is 6.04 Å². The van der Waals surface area contributed by atoms with Gasteiger partial charge in [0, 0.05) is 6.61 Å². The number of benzene rings is 1. The molecule has 110 valence electrons. The van der Waals surface area contributed by atoms with E-state index in [0.717, 1.165) is 24.3 Å². The molecule has 0 aromatic heterocycles. The van der Waals surface area contributed by atoms with E-state index in [4.69, 9.17) is 9.47 Å². The van der Waals surface area contributed by atoms with Gasteiger partial charge < -0.3 is 14.6 Å². The van der Waals surface area contributed by atoms with Gasteiger partial charge in [-0.25, -0.2) is 0 Å². The number of ether oxygens (including phenoxy) is 2. The quantitative estimate of drug-likeness (QED) is 0.532. The van der Waals surface area contributed by atoms with Crippen LogP contribution in [0, 0.1) is 0 Å². The Labute approximate surface area is 123 Å². The van der Waals surface area contributed by atoms with Crippen LogP contribution in [-0.4, -0.2) is 39.8 Å². The van der Waals surface area contributed by atoms with E-state index >= 15 is 0 Å². The van der Waals surface area contributed by atoms with Crippen LogP contribution >= 0.6 is 0 Å². The first-order chi connectivity index (χ1) is 9.61. The van der Waals surface area contributed by atoms with E-state index in [0.29, 0.717) is 6.61 Å². The maximum atomic E-state index is 9.78. The third kappa shape index (κ3) is 7.48. The Hall–Kier alpha value is -1.10. The molecule has 0 aliphatic carbocycles. The monoisotopic (exact) mass is 293 g/mol. The van der Waals surface area contributed by atoms with E-state index in [2.05, 4.69) is 19.7 Å². The first-order valence-corrected chi connectivity index (χ1v) is 9.72. The van der Waals surface area contributed by atoms with E-state index in [9.17, 15) is 5.11 Å². The predicted molar refractivity (Wildman–Crippen MR) is 85.8 cm³/mol. The maximum absolute atomic E-state index is 9.78. The minimum absolute atomic E-state index is 0.163. The summed E-state index contributed by atoms with van der Waals surface area (Å²) >= 11 is 0. The normalized spacial score (nSPS) is 11.9. The van der Waals surface area contributed by atoms with Crippen molar-refractivity contribution in [2.75, 3.05) is 19.8 Å². The molecule has 3 nitrogen and oxygen atoms in total. The van der Waals surface area contributed by atoms with Crippen LogP contribution in [0.25, 0.3) is 6.08 Å². The number of aliphatic hydroxyl groups excluding tert-OH is 1. The number of hydrogen-bond donors (Lipinski definition) is 1. The summed E-state index contributed by atoms with van der Waals surface area (Å²) in [5.41, 5.74) is 1.00. The van der Waals surface area contributed by atoms with Crippen molar-refractivity contribution in [3.63, 3.8) is 0 Å². The van der Waals surface area contributed by atoms with Crippen LogP contribution < -0.4 is 4.74 Å². The second kappa shape index (κ2) is 9.75. The Kier molecular flexibility index (Phi) is 8.26. The molecule has 0 amide bonds. The highest BCUT2D eigenvalue weighted by molar-refractivity contribution is 6.55. The summed E-state index contributed by atoms with van der Waals surface area (Å²) in [5, 5.41) is 9.78. The molecule has 0 bridgehead atoms. The Morgan fingerprint density at radius 1 is 1.35 bits per heavy atom. The van der Waals surface area contributed by atoms with Crippen molar-refractivity contribution in [2.45, 2.75) is 31.7 Å². The van der Waals surface area contributed by atoms with Gasteiger partial charge in [0.25, 0.3) is 0 Å². The Morgan fingerprint density at radius 3 is 2.85 bits per heavy atom. The highest BCUT2D eigenvalue weighted by Crippen LogP contribution is 2.14.